The SMILES string of the molecule is CC1(C)c2ccccc2-c2ccc(-n3c4ccc(N(c5ccccc5)c5ccc(-c6ccccc6)cc5)cc4c4c(-c5ccccc5)cc5ccccc5c43)cc21. The number of hydrogen-bond acceptors (Lipinski definition) is 1. The topological polar surface area (TPSA) is 8.17 Å². The van der Waals surface area contributed by atoms with Crippen molar-refractivity contribution in [2.45, 2.75) is 19.3 Å². The van der Waals surface area contributed by atoms with Crippen LogP contribution in [0.5, 0.6) is 0 Å². The number of aromatic nitrogens is 1. The molecule has 0 N–H and O–H groups in total. The van der Waals surface area contributed by atoms with Crippen LogP contribution in [0.25, 0.3) is 71.6 Å². The molecule has 10 aromatic rings. The van der Waals surface area contributed by atoms with E-state index in [-0.39, 0.29) is 5.41 Å². The molecule has 0 saturated heterocycles. The van der Waals surface area contributed by atoms with E-state index in [0.29, 0.717) is 0 Å². The van der Waals surface area contributed by atoms with Crippen molar-refractivity contribution < 1.29 is 0 Å². The minimum atomic E-state index is -0.114. The minimum absolute atomic E-state index is 0.114. The summed E-state index contributed by atoms with van der Waals surface area (Å²) in [5.41, 5.74) is 17.1. The van der Waals surface area contributed by atoms with E-state index in [2.05, 4.69) is 230 Å². The van der Waals surface area contributed by atoms with E-state index in [1.165, 1.54) is 82.8 Å². The summed E-state index contributed by atoms with van der Waals surface area (Å²) in [4.78, 5) is 2.38. The Hall–Kier alpha value is -7.16. The van der Waals surface area contributed by atoms with Crippen molar-refractivity contribution in [3.8, 4) is 39.1 Å². The zero-order chi connectivity index (χ0) is 38.1. The highest BCUT2D eigenvalue weighted by atomic mass is 15.1. The Morgan fingerprint density at radius 1 is 0.404 bits per heavy atom. The Morgan fingerprint density at radius 3 is 1.77 bits per heavy atom. The van der Waals surface area contributed by atoms with Gasteiger partial charge in [-0.3, -0.25) is 0 Å². The van der Waals surface area contributed by atoms with E-state index >= 15 is 0 Å². The van der Waals surface area contributed by atoms with Crippen molar-refractivity contribution in [2.75, 3.05) is 4.90 Å². The molecule has 1 aliphatic carbocycles. The van der Waals surface area contributed by atoms with Crippen molar-refractivity contribution in [1.82, 2.24) is 4.57 Å². The second kappa shape index (κ2) is 13.0. The summed E-state index contributed by atoms with van der Waals surface area (Å²) in [6.07, 6.45) is 0. The smallest absolute Gasteiger partial charge is 0.0625 e. The summed E-state index contributed by atoms with van der Waals surface area (Å²) in [6.45, 7) is 4.74. The van der Waals surface area contributed by atoms with Gasteiger partial charge in [0, 0.05) is 44.3 Å². The van der Waals surface area contributed by atoms with Gasteiger partial charge in [-0.15, -0.1) is 0 Å². The summed E-state index contributed by atoms with van der Waals surface area (Å²) < 4.78 is 2.53. The molecule has 2 nitrogen and oxygen atoms in total. The standard InChI is InChI=1S/C55H40N2/c1-55(2)50-25-15-14-24-46(50)47-32-30-44(36-51(47)55)57-52-33-31-43(56(41-21-10-5-11-22-41)42-28-26-38(27-29-42)37-16-6-3-7-17-37)35-49(52)53-48(39-18-8-4-9-19-39)34-40-20-12-13-23-45(40)54(53)57/h3-36H,1-2H3. The molecule has 2 heteroatoms. The second-order valence-corrected chi connectivity index (χ2v) is 15.8. The van der Waals surface area contributed by atoms with Crippen molar-refractivity contribution >= 4 is 49.6 Å². The van der Waals surface area contributed by atoms with E-state index < -0.39 is 0 Å². The highest BCUT2D eigenvalue weighted by Crippen LogP contribution is 2.51. The molecule has 0 amide bonds. The number of nitrogens with zero attached hydrogens (tertiary/aromatic N) is 2. The molecule has 1 aromatic heterocycles. The van der Waals surface area contributed by atoms with E-state index in [4.69, 9.17) is 0 Å². The Balaban J connectivity index is 1.20. The van der Waals surface area contributed by atoms with Gasteiger partial charge in [0.1, 0.15) is 0 Å². The fourth-order valence-corrected chi connectivity index (χ4v) is 9.41. The van der Waals surface area contributed by atoms with E-state index in [0.717, 1.165) is 17.1 Å². The maximum absolute atomic E-state index is 2.53. The lowest BCUT2D eigenvalue weighted by Gasteiger charge is -2.26. The van der Waals surface area contributed by atoms with Crippen LogP contribution in [-0.4, -0.2) is 4.57 Å². The summed E-state index contributed by atoms with van der Waals surface area (Å²) in [6, 6.07) is 75.6. The fourth-order valence-electron chi connectivity index (χ4n) is 9.41. The molecule has 1 aliphatic rings. The van der Waals surface area contributed by atoms with Crippen LogP contribution in [0.3, 0.4) is 0 Å². The molecular weight excluding hydrogens is 689 g/mol. The molecule has 9 aromatic carbocycles. The Morgan fingerprint density at radius 2 is 1.00 bits per heavy atom. The molecule has 0 aliphatic heterocycles. The number of rotatable bonds is 6. The van der Waals surface area contributed by atoms with Gasteiger partial charge in [0.25, 0.3) is 0 Å². The van der Waals surface area contributed by atoms with Crippen molar-refractivity contribution in [1.29, 1.82) is 0 Å². The molecule has 57 heavy (non-hydrogen) atoms. The number of benzene rings is 9. The van der Waals surface area contributed by atoms with Crippen LogP contribution in [0.2, 0.25) is 0 Å². The molecule has 0 spiro atoms. The van der Waals surface area contributed by atoms with Crippen LogP contribution >= 0.6 is 0 Å². The Labute approximate surface area is 333 Å². The van der Waals surface area contributed by atoms with Gasteiger partial charge in [-0.25, -0.2) is 0 Å². The van der Waals surface area contributed by atoms with Gasteiger partial charge in [0.15, 0.2) is 0 Å². The van der Waals surface area contributed by atoms with Gasteiger partial charge in [0.2, 0.25) is 0 Å². The molecule has 0 saturated carbocycles. The summed E-state index contributed by atoms with van der Waals surface area (Å²) in [5.74, 6) is 0. The van der Waals surface area contributed by atoms with Gasteiger partial charge in [-0.1, -0.05) is 159 Å². The average molecular weight is 729 g/mol. The van der Waals surface area contributed by atoms with E-state index in [1.807, 2.05) is 0 Å². The molecule has 0 radical (unpaired) electrons. The quantitative estimate of drug-likeness (QED) is 0.165. The zero-order valence-electron chi connectivity index (χ0n) is 32.0. The van der Waals surface area contributed by atoms with Crippen LogP contribution in [-0.2, 0) is 5.41 Å². The lowest BCUT2D eigenvalue weighted by Crippen LogP contribution is -2.15. The first-order valence-corrected chi connectivity index (χ1v) is 19.9. The first-order chi connectivity index (χ1) is 28.0. The third-order valence-corrected chi connectivity index (χ3v) is 12.2. The number of para-hydroxylation sites is 1. The van der Waals surface area contributed by atoms with Crippen LogP contribution in [0.15, 0.2) is 206 Å². The monoisotopic (exact) mass is 728 g/mol. The predicted molar refractivity (Wildman–Crippen MR) is 241 cm³/mol. The summed E-state index contributed by atoms with van der Waals surface area (Å²) in [7, 11) is 0. The lowest BCUT2D eigenvalue weighted by atomic mass is 9.82. The van der Waals surface area contributed by atoms with Gasteiger partial charge >= 0.3 is 0 Å². The van der Waals surface area contributed by atoms with E-state index in [1.54, 1.807) is 0 Å². The third-order valence-electron chi connectivity index (χ3n) is 12.2. The van der Waals surface area contributed by atoms with Crippen molar-refractivity contribution in [2.24, 2.45) is 0 Å². The van der Waals surface area contributed by atoms with Gasteiger partial charge in [0.05, 0.1) is 11.0 Å². The summed E-state index contributed by atoms with van der Waals surface area (Å²) >= 11 is 0. The van der Waals surface area contributed by atoms with Crippen molar-refractivity contribution in [3.05, 3.63) is 217 Å². The van der Waals surface area contributed by atoms with Crippen LogP contribution < -0.4 is 4.90 Å². The van der Waals surface area contributed by atoms with Gasteiger partial charge in [-0.2, -0.15) is 0 Å². The minimum Gasteiger partial charge on any atom is -0.310 e. The maximum Gasteiger partial charge on any atom is 0.0625 e. The summed E-state index contributed by atoms with van der Waals surface area (Å²) in [5, 5.41) is 4.94. The third kappa shape index (κ3) is 5.25. The van der Waals surface area contributed by atoms with Crippen LogP contribution in [0.1, 0.15) is 25.0 Å². The van der Waals surface area contributed by atoms with E-state index in [9.17, 15) is 0 Å². The molecule has 1 heterocycles. The molecule has 11 rings (SSSR count). The first kappa shape index (κ1) is 33.2. The average Bonchev–Trinajstić information content (AvgIpc) is 3.73. The Kier molecular flexibility index (Phi) is 7.55. The molecule has 0 atom stereocenters. The highest BCUT2D eigenvalue weighted by Gasteiger charge is 2.35. The van der Waals surface area contributed by atoms with Crippen LogP contribution in [0.4, 0.5) is 17.1 Å². The van der Waals surface area contributed by atoms with Gasteiger partial charge in [-0.05, 0) is 111 Å². The van der Waals surface area contributed by atoms with Crippen molar-refractivity contribution in [3.63, 3.8) is 0 Å². The number of hydrogen-bond donors (Lipinski definition) is 0. The maximum atomic E-state index is 2.53. The normalized spacial score (nSPS) is 12.9. The highest BCUT2D eigenvalue weighted by molar-refractivity contribution is 6.24. The molecular formula is C55H40N2. The molecule has 270 valence electrons. The molecule has 0 bridgehead atoms. The zero-order valence-corrected chi connectivity index (χ0v) is 32.0. The number of fused-ring (bicyclic) bond motifs is 8. The molecule has 0 fully saturated rings. The second-order valence-electron chi connectivity index (χ2n) is 15.8. The fraction of sp³-hybridized carbons (Fsp3) is 0.0545. The molecule has 0 unspecified atom stereocenters. The largest absolute Gasteiger partial charge is 0.310 e. The number of anilines is 3. The Bertz CT molecular complexity index is 3120. The predicted octanol–water partition coefficient (Wildman–Crippen LogP) is 15.0. The van der Waals surface area contributed by atoms with Crippen LogP contribution in [0, 0.1) is 0 Å². The van der Waals surface area contributed by atoms with Gasteiger partial charge < -0.3 is 9.47 Å². The lowest BCUT2D eigenvalue weighted by molar-refractivity contribution is 0.660. The first-order valence-electron chi connectivity index (χ1n) is 19.9.